The predicted molar refractivity (Wildman–Crippen MR) is 113 cm³/mol. The lowest BCUT2D eigenvalue weighted by Crippen LogP contribution is -2.32. The number of hydrogen-bond donors (Lipinski definition) is 1. The molecular weight excluding hydrogens is 334 g/mol. The fourth-order valence-corrected chi connectivity index (χ4v) is 4.40. The summed E-state index contributed by atoms with van der Waals surface area (Å²) < 4.78 is 12.2. The van der Waals surface area contributed by atoms with E-state index in [0.717, 1.165) is 28.3 Å². The third-order valence-corrected chi connectivity index (χ3v) is 5.38. The van der Waals surface area contributed by atoms with Crippen LogP contribution in [0.15, 0.2) is 42.5 Å². The van der Waals surface area contributed by atoms with Crippen molar-refractivity contribution in [2.45, 2.75) is 46.3 Å². The number of benzene rings is 2. The van der Waals surface area contributed by atoms with Gasteiger partial charge in [0.15, 0.2) is 0 Å². The Hall–Kier alpha value is -2.68. The first-order valence-corrected chi connectivity index (χ1v) is 9.48. The van der Waals surface area contributed by atoms with Crippen LogP contribution in [0.5, 0.6) is 11.5 Å². The molecule has 1 N–H and O–H groups in total. The van der Waals surface area contributed by atoms with Crippen LogP contribution < -0.4 is 14.8 Å². The molecule has 2 aliphatic heterocycles. The maximum atomic E-state index is 6.52. The lowest BCUT2D eigenvalue weighted by molar-refractivity contribution is 0.248. The molecular formula is C24H27NO2. The number of hydrogen-bond acceptors (Lipinski definition) is 3. The first-order valence-electron chi connectivity index (χ1n) is 9.48. The summed E-state index contributed by atoms with van der Waals surface area (Å²) in [6.07, 6.45) is 6.37. The molecule has 2 aromatic carbocycles. The maximum absolute atomic E-state index is 6.52. The average molecular weight is 361 g/mol. The molecule has 2 aromatic rings. The number of ether oxygens (including phenoxy) is 2. The van der Waals surface area contributed by atoms with Gasteiger partial charge < -0.3 is 14.8 Å². The second-order valence-corrected chi connectivity index (χ2v) is 7.98. The number of nitrogens with one attached hydrogen (secondary N) is 1. The highest BCUT2D eigenvalue weighted by molar-refractivity contribution is 5.92. The van der Waals surface area contributed by atoms with E-state index in [4.69, 9.17) is 9.47 Å². The van der Waals surface area contributed by atoms with Crippen LogP contribution in [0.4, 0.5) is 5.69 Å². The van der Waals surface area contributed by atoms with E-state index in [0.29, 0.717) is 0 Å². The number of aryl methyl sites for hydroxylation is 1. The quantitative estimate of drug-likeness (QED) is 0.638. The van der Waals surface area contributed by atoms with Crippen LogP contribution in [0.2, 0.25) is 0 Å². The Morgan fingerprint density at radius 1 is 1.11 bits per heavy atom. The van der Waals surface area contributed by atoms with Crippen LogP contribution in [0.3, 0.4) is 0 Å². The molecule has 0 amide bonds. The van der Waals surface area contributed by atoms with Crippen molar-refractivity contribution in [1.29, 1.82) is 0 Å². The zero-order valence-electron chi connectivity index (χ0n) is 16.9. The van der Waals surface area contributed by atoms with Gasteiger partial charge in [-0.15, -0.1) is 0 Å². The molecule has 0 aromatic heterocycles. The number of methoxy groups -OCH3 is 1. The Balaban J connectivity index is 2.07. The zero-order valence-corrected chi connectivity index (χ0v) is 16.9. The summed E-state index contributed by atoms with van der Waals surface area (Å²) in [6, 6.07) is 8.48. The Kier molecular flexibility index (Phi) is 4.06. The number of allylic oxidation sites excluding steroid dienone is 2. The lowest BCUT2D eigenvalue weighted by Gasteiger charge is -2.37. The molecule has 0 spiro atoms. The van der Waals surface area contributed by atoms with Gasteiger partial charge in [-0.25, -0.2) is 0 Å². The van der Waals surface area contributed by atoms with E-state index < -0.39 is 0 Å². The minimum atomic E-state index is -0.121. The molecule has 27 heavy (non-hydrogen) atoms. The van der Waals surface area contributed by atoms with Gasteiger partial charge in [0.05, 0.1) is 18.2 Å². The van der Waals surface area contributed by atoms with Gasteiger partial charge in [-0.1, -0.05) is 24.3 Å². The molecule has 0 bridgehead atoms. The van der Waals surface area contributed by atoms with Gasteiger partial charge in [-0.2, -0.15) is 0 Å². The maximum Gasteiger partial charge on any atom is 0.143 e. The molecule has 0 saturated heterocycles. The van der Waals surface area contributed by atoms with Crippen LogP contribution in [0.25, 0.3) is 16.7 Å². The van der Waals surface area contributed by atoms with Gasteiger partial charge in [-0.05, 0) is 69.5 Å². The van der Waals surface area contributed by atoms with Crippen LogP contribution in [0.1, 0.15) is 50.5 Å². The van der Waals surface area contributed by atoms with E-state index in [1.165, 1.54) is 22.3 Å². The minimum absolute atomic E-state index is 0.0663. The van der Waals surface area contributed by atoms with Gasteiger partial charge in [0.2, 0.25) is 0 Å². The number of fused-ring (bicyclic) bond motifs is 5. The highest BCUT2D eigenvalue weighted by Crippen LogP contribution is 2.53. The molecule has 0 saturated carbocycles. The fraction of sp³-hybridized carbons (Fsp3) is 0.333. The van der Waals surface area contributed by atoms with Crippen molar-refractivity contribution < 1.29 is 9.47 Å². The summed E-state index contributed by atoms with van der Waals surface area (Å²) in [4.78, 5) is 0. The summed E-state index contributed by atoms with van der Waals surface area (Å²) >= 11 is 0. The highest BCUT2D eigenvalue weighted by atomic mass is 16.5. The zero-order chi connectivity index (χ0) is 19.3. The van der Waals surface area contributed by atoms with Crippen molar-refractivity contribution in [1.82, 2.24) is 0 Å². The SMILES string of the molecule is CC=CC1Oc2c(C)ccc(OC)c2-c2ccc3c(c21)C(C)=CC(C)(C)N3. The van der Waals surface area contributed by atoms with Crippen LogP contribution in [0, 0.1) is 6.92 Å². The number of anilines is 1. The monoisotopic (exact) mass is 361 g/mol. The van der Waals surface area contributed by atoms with Crippen LogP contribution in [-0.4, -0.2) is 12.6 Å². The Morgan fingerprint density at radius 3 is 2.59 bits per heavy atom. The van der Waals surface area contributed by atoms with Gasteiger partial charge in [-0.3, -0.25) is 0 Å². The Labute approximate surface area is 161 Å². The molecule has 140 valence electrons. The van der Waals surface area contributed by atoms with Crippen molar-refractivity contribution in [2.24, 2.45) is 0 Å². The summed E-state index contributed by atoms with van der Waals surface area (Å²) in [5.74, 6) is 1.76. The van der Waals surface area contributed by atoms with Crippen molar-refractivity contribution in [2.75, 3.05) is 12.4 Å². The van der Waals surface area contributed by atoms with Crippen molar-refractivity contribution >= 4 is 11.3 Å². The molecule has 4 rings (SSSR count). The Morgan fingerprint density at radius 2 is 1.89 bits per heavy atom. The molecule has 2 aliphatic rings. The molecule has 3 nitrogen and oxygen atoms in total. The largest absolute Gasteiger partial charge is 0.496 e. The third-order valence-electron chi connectivity index (χ3n) is 5.38. The highest BCUT2D eigenvalue weighted by Gasteiger charge is 2.34. The van der Waals surface area contributed by atoms with Crippen molar-refractivity contribution in [3.8, 4) is 22.6 Å². The second-order valence-electron chi connectivity index (χ2n) is 7.98. The van der Waals surface area contributed by atoms with E-state index >= 15 is 0 Å². The average Bonchev–Trinajstić information content (AvgIpc) is 2.61. The van der Waals surface area contributed by atoms with E-state index in [1.807, 2.05) is 13.0 Å². The summed E-state index contributed by atoms with van der Waals surface area (Å²) in [5, 5.41) is 3.66. The smallest absolute Gasteiger partial charge is 0.143 e. The summed E-state index contributed by atoms with van der Waals surface area (Å²) in [5.41, 5.74) is 8.17. The molecule has 1 unspecified atom stereocenters. The predicted octanol–water partition coefficient (Wildman–Crippen LogP) is 6.29. The molecule has 1 atom stereocenters. The summed E-state index contributed by atoms with van der Waals surface area (Å²) in [6.45, 7) is 10.7. The number of rotatable bonds is 2. The standard InChI is InChI=1S/C24H27NO2/c1-7-8-19-21-16(22-18(26-6)12-9-14(2)23(22)27-19)10-11-17-20(21)15(3)13-24(4,5)25-17/h7-13,19,25H,1-6H3. The van der Waals surface area contributed by atoms with Crippen LogP contribution >= 0.6 is 0 Å². The lowest BCUT2D eigenvalue weighted by atomic mass is 9.81. The molecule has 0 aliphatic carbocycles. The molecule has 0 radical (unpaired) electrons. The molecule has 2 heterocycles. The van der Waals surface area contributed by atoms with E-state index in [-0.39, 0.29) is 11.6 Å². The third kappa shape index (κ3) is 2.73. The second kappa shape index (κ2) is 6.19. The van der Waals surface area contributed by atoms with Gasteiger partial charge in [0.25, 0.3) is 0 Å². The Bertz CT molecular complexity index is 982. The van der Waals surface area contributed by atoms with E-state index in [9.17, 15) is 0 Å². The molecule has 3 heteroatoms. The van der Waals surface area contributed by atoms with Crippen LogP contribution in [-0.2, 0) is 0 Å². The molecule has 0 fully saturated rings. The summed E-state index contributed by atoms with van der Waals surface area (Å²) in [7, 11) is 1.72. The normalized spacial score (nSPS) is 19.3. The van der Waals surface area contributed by atoms with Gasteiger partial charge in [0, 0.05) is 16.8 Å². The van der Waals surface area contributed by atoms with E-state index in [2.05, 4.69) is 69.4 Å². The first-order chi connectivity index (χ1) is 12.9. The van der Waals surface area contributed by atoms with Crippen molar-refractivity contribution in [3.05, 3.63) is 59.2 Å². The topological polar surface area (TPSA) is 30.5 Å². The minimum Gasteiger partial charge on any atom is -0.496 e. The fourth-order valence-electron chi connectivity index (χ4n) is 4.40. The van der Waals surface area contributed by atoms with Gasteiger partial charge >= 0.3 is 0 Å². The van der Waals surface area contributed by atoms with Crippen molar-refractivity contribution in [3.63, 3.8) is 0 Å². The van der Waals surface area contributed by atoms with E-state index in [1.54, 1.807) is 7.11 Å². The van der Waals surface area contributed by atoms with Gasteiger partial charge in [0.1, 0.15) is 17.6 Å². The first kappa shape index (κ1) is 17.7.